The van der Waals surface area contributed by atoms with E-state index < -0.39 is 10.0 Å². The van der Waals surface area contributed by atoms with Crippen molar-refractivity contribution < 1.29 is 22.3 Å². The number of nitrogens with zero attached hydrogens (tertiary/aromatic N) is 1. The number of ether oxygens (including phenoxy) is 2. The lowest BCUT2D eigenvalue weighted by molar-refractivity contribution is 0.297. The molecule has 0 spiro atoms. The van der Waals surface area contributed by atoms with Crippen molar-refractivity contribution in [3.8, 4) is 11.5 Å². The third kappa shape index (κ3) is 3.06. The topological polar surface area (TPSA) is 78.1 Å². The Kier molecular flexibility index (Phi) is 4.16. The van der Waals surface area contributed by atoms with E-state index in [1.807, 2.05) is 31.2 Å². The number of aryl methyl sites for hydroxylation is 1. The largest absolute Gasteiger partial charge is 0.490 e. The Morgan fingerprint density at radius 3 is 2.62 bits per heavy atom. The Morgan fingerprint density at radius 2 is 1.81 bits per heavy atom. The molecular formula is C19H17NO5S. The van der Waals surface area contributed by atoms with Gasteiger partial charge in [-0.1, -0.05) is 18.2 Å². The molecule has 6 nitrogen and oxygen atoms in total. The molecule has 1 aromatic heterocycles. The van der Waals surface area contributed by atoms with Crippen molar-refractivity contribution in [3.63, 3.8) is 0 Å². The van der Waals surface area contributed by atoms with Crippen LogP contribution in [0.4, 0.5) is 0 Å². The van der Waals surface area contributed by atoms with E-state index in [1.165, 1.54) is 18.3 Å². The van der Waals surface area contributed by atoms with Crippen LogP contribution < -0.4 is 9.47 Å². The maximum atomic E-state index is 12.6. The first-order valence-corrected chi connectivity index (χ1v) is 9.67. The summed E-state index contributed by atoms with van der Waals surface area (Å²) in [6.45, 7) is 2.90. The molecule has 1 aliphatic rings. The van der Waals surface area contributed by atoms with Gasteiger partial charge in [-0.3, -0.25) is 0 Å². The molecule has 134 valence electrons. The second kappa shape index (κ2) is 6.49. The van der Waals surface area contributed by atoms with Crippen LogP contribution in [0, 0.1) is 6.92 Å². The van der Waals surface area contributed by atoms with Gasteiger partial charge in [-0.25, -0.2) is 0 Å². The van der Waals surface area contributed by atoms with Crippen LogP contribution in [0.3, 0.4) is 0 Å². The number of rotatable bonds is 3. The summed E-state index contributed by atoms with van der Waals surface area (Å²) in [5.41, 5.74) is 1.54. The van der Waals surface area contributed by atoms with Crippen LogP contribution in [0.25, 0.3) is 11.0 Å². The summed E-state index contributed by atoms with van der Waals surface area (Å²) in [6, 6.07) is 12.0. The van der Waals surface area contributed by atoms with E-state index in [9.17, 15) is 8.42 Å². The van der Waals surface area contributed by atoms with Crippen LogP contribution in [0.5, 0.6) is 11.5 Å². The Bertz CT molecular complexity index is 1100. The fourth-order valence-corrected chi connectivity index (χ4v) is 3.65. The highest BCUT2D eigenvalue weighted by atomic mass is 32.2. The summed E-state index contributed by atoms with van der Waals surface area (Å²) >= 11 is 0. The standard InChI is InChI=1S/C19H17NO5S/c1-13-15-5-2-3-6-16(15)25-19(13)12-20-26(21,22)14-7-8-17-18(11-14)24-10-4-9-23-17/h2-3,5-8,11-12H,4,9-10H2,1H3. The number of para-hydroxylation sites is 1. The molecule has 0 aliphatic carbocycles. The lowest BCUT2D eigenvalue weighted by atomic mass is 10.1. The van der Waals surface area contributed by atoms with E-state index in [4.69, 9.17) is 13.9 Å². The minimum Gasteiger partial charge on any atom is -0.490 e. The van der Waals surface area contributed by atoms with Gasteiger partial charge >= 0.3 is 0 Å². The number of benzene rings is 2. The van der Waals surface area contributed by atoms with E-state index in [0.717, 1.165) is 17.4 Å². The van der Waals surface area contributed by atoms with Gasteiger partial charge in [0.2, 0.25) is 0 Å². The van der Waals surface area contributed by atoms with Gasteiger partial charge in [-0.15, -0.1) is 0 Å². The number of fused-ring (bicyclic) bond motifs is 2. The third-order valence-corrected chi connectivity index (χ3v) is 5.44. The van der Waals surface area contributed by atoms with Crippen LogP contribution >= 0.6 is 0 Å². The molecule has 0 N–H and O–H groups in total. The summed E-state index contributed by atoms with van der Waals surface area (Å²) in [4.78, 5) is 0.0479. The summed E-state index contributed by atoms with van der Waals surface area (Å²) in [5.74, 6) is 1.38. The Labute approximate surface area is 151 Å². The first kappa shape index (κ1) is 16.7. The minimum absolute atomic E-state index is 0.0479. The average Bonchev–Trinajstić information content (AvgIpc) is 2.82. The van der Waals surface area contributed by atoms with Gasteiger partial charge in [0.15, 0.2) is 11.5 Å². The fraction of sp³-hybridized carbons (Fsp3) is 0.211. The predicted molar refractivity (Wildman–Crippen MR) is 97.8 cm³/mol. The van der Waals surface area contributed by atoms with Crippen LogP contribution in [0.15, 0.2) is 56.2 Å². The number of sulfonamides is 1. The molecular weight excluding hydrogens is 354 g/mol. The molecule has 0 radical (unpaired) electrons. The molecule has 2 heterocycles. The van der Waals surface area contributed by atoms with Gasteiger partial charge in [-0.2, -0.15) is 12.8 Å². The van der Waals surface area contributed by atoms with E-state index in [2.05, 4.69) is 4.40 Å². The van der Waals surface area contributed by atoms with Crippen LogP contribution in [0.2, 0.25) is 0 Å². The molecule has 4 rings (SSSR count). The van der Waals surface area contributed by atoms with E-state index in [0.29, 0.717) is 36.1 Å². The Hall–Kier alpha value is -2.80. The maximum Gasteiger partial charge on any atom is 0.282 e. The summed E-state index contributed by atoms with van der Waals surface area (Å²) in [5, 5.41) is 0.932. The summed E-state index contributed by atoms with van der Waals surface area (Å²) < 4.78 is 45.7. The van der Waals surface area contributed by atoms with Gasteiger partial charge in [0.05, 0.1) is 24.3 Å². The van der Waals surface area contributed by atoms with Crippen molar-refractivity contribution >= 4 is 27.2 Å². The molecule has 0 bridgehead atoms. The Balaban J connectivity index is 1.67. The van der Waals surface area contributed by atoms with Crippen molar-refractivity contribution in [2.75, 3.05) is 13.2 Å². The second-order valence-electron chi connectivity index (χ2n) is 5.96. The molecule has 0 atom stereocenters. The van der Waals surface area contributed by atoms with E-state index in [1.54, 1.807) is 6.07 Å². The second-order valence-corrected chi connectivity index (χ2v) is 7.59. The van der Waals surface area contributed by atoms with Crippen molar-refractivity contribution in [3.05, 3.63) is 53.8 Å². The SMILES string of the molecule is Cc1c(C=NS(=O)(=O)c2ccc3c(c2)OCCCO3)oc2ccccc12. The normalized spacial score (nSPS) is 14.7. The van der Waals surface area contributed by atoms with Crippen LogP contribution in [-0.4, -0.2) is 27.8 Å². The predicted octanol–water partition coefficient (Wildman–Crippen LogP) is 3.71. The zero-order chi connectivity index (χ0) is 18.1. The Morgan fingerprint density at radius 1 is 1.04 bits per heavy atom. The molecule has 1 aliphatic heterocycles. The highest BCUT2D eigenvalue weighted by Crippen LogP contribution is 2.32. The first-order valence-electron chi connectivity index (χ1n) is 8.23. The molecule has 0 saturated heterocycles. The monoisotopic (exact) mass is 371 g/mol. The van der Waals surface area contributed by atoms with Crippen LogP contribution in [0.1, 0.15) is 17.7 Å². The van der Waals surface area contributed by atoms with Gasteiger partial charge in [0, 0.05) is 23.4 Å². The van der Waals surface area contributed by atoms with Gasteiger partial charge in [-0.05, 0) is 25.1 Å². The molecule has 7 heteroatoms. The molecule has 2 aromatic carbocycles. The third-order valence-electron chi connectivity index (χ3n) is 4.21. The van der Waals surface area contributed by atoms with E-state index >= 15 is 0 Å². The van der Waals surface area contributed by atoms with E-state index in [-0.39, 0.29) is 4.90 Å². The highest BCUT2D eigenvalue weighted by Gasteiger charge is 2.18. The highest BCUT2D eigenvalue weighted by molar-refractivity contribution is 7.90. The average molecular weight is 371 g/mol. The smallest absolute Gasteiger partial charge is 0.282 e. The van der Waals surface area contributed by atoms with Gasteiger partial charge < -0.3 is 13.9 Å². The van der Waals surface area contributed by atoms with Crippen molar-refractivity contribution in [1.29, 1.82) is 0 Å². The maximum absolute atomic E-state index is 12.6. The van der Waals surface area contributed by atoms with Crippen LogP contribution in [-0.2, 0) is 10.0 Å². The van der Waals surface area contributed by atoms with Gasteiger partial charge in [0.1, 0.15) is 11.3 Å². The summed E-state index contributed by atoms with van der Waals surface area (Å²) in [7, 11) is -3.88. The lowest BCUT2D eigenvalue weighted by Gasteiger charge is -2.08. The van der Waals surface area contributed by atoms with Gasteiger partial charge in [0.25, 0.3) is 10.0 Å². The number of furan rings is 1. The zero-order valence-corrected chi connectivity index (χ0v) is 15.0. The fourth-order valence-electron chi connectivity index (χ4n) is 2.80. The molecule has 0 unspecified atom stereocenters. The molecule has 26 heavy (non-hydrogen) atoms. The lowest BCUT2D eigenvalue weighted by Crippen LogP contribution is -2.00. The molecule has 0 amide bonds. The zero-order valence-electron chi connectivity index (χ0n) is 14.1. The van der Waals surface area contributed by atoms with Crippen molar-refractivity contribution in [2.24, 2.45) is 4.40 Å². The minimum atomic E-state index is -3.88. The summed E-state index contributed by atoms with van der Waals surface area (Å²) in [6.07, 6.45) is 1.99. The quantitative estimate of drug-likeness (QED) is 0.656. The molecule has 3 aromatic rings. The van der Waals surface area contributed by atoms with Crippen molar-refractivity contribution in [2.45, 2.75) is 18.2 Å². The first-order chi connectivity index (χ1) is 12.5. The number of hydrogen-bond acceptors (Lipinski definition) is 5. The number of hydrogen-bond donors (Lipinski definition) is 0. The van der Waals surface area contributed by atoms with Crippen molar-refractivity contribution in [1.82, 2.24) is 0 Å². The molecule has 0 fully saturated rings. The molecule has 0 saturated carbocycles.